The quantitative estimate of drug-likeness (QED) is 0.298. The largest absolute Gasteiger partial charge is 0.493 e. The van der Waals surface area contributed by atoms with Crippen LogP contribution >= 0.6 is 11.6 Å². The van der Waals surface area contributed by atoms with E-state index in [-0.39, 0.29) is 42.3 Å². The number of ether oxygens (including phenoxy) is 2. The van der Waals surface area contributed by atoms with Gasteiger partial charge in [-0.25, -0.2) is 4.39 Å². The maximum absolute atomic E-state index is 14.1. The Morgan fingerprint density at radius 1 is 1.05 bits per heavy atom. The molecule has 2 atom stereocenters. The molecule has 1 saturated carbocycles. The normalized spacial score (nSPS) is 22.3. The lowest BCUT2D eigenvalue weighted by atomic mass is 9.70. The minimum absolute atomic E-state index is 0.00207. The Balaban J connectivity index is 1.49. The van der Waals surface area contributed by atoms with Gasteiger partial charge in [0.05, 0.1) is 31.3 Å². The molecule has 1 aliphatic heterocycles. The van der Waals surface area contributed by atoms with Gasteiger partial charge >= 0.3 is 0 Å². The first-order valence-corrected chi connectivity index (χ1v) is 14.9. The van der Waals surface area contributed by atoms with Crippen LogP contribution in [0.4, 0.5) is 4.39 Å². The number of hydrogen-bond acceptors (Lipinski definition) is 4. The van der Waals surface area contributed by atoms with Gasteiger partial charge in [0.15, 0.2) is 11.5 Å². The van der Waals surface area contributed by atoms with E-state index in [9.17, 15) is 14.3 Å². The SMILES string of the molecule is CCC(O)(c1cccc(F)c1)[C@H]1CC[C@H](N2C(=O)Cc3cc(OC)c(OC(C)C)cc3C2c2ccc(Cl)cc2)CC1. The number of nitrogens with zero attached hydrogens (tertiary/aromatic N) is 1. The summed E-state index contributed by atoms with van der Waals surface area (Å²) in [6.07, 6.45) is 3.70. The van der Waals surface area contributed by atoms with Crippen LogP contribution in [0.5, 0.6) is 11.5 Å². The highest BCUT2D eigenvalue weighted by molar-refractivity contribution is 6.30. The van der Waals surface area contributed by atoms with E-state index in [0.29, 0.717) is 28.5 Å². The second-order valence-corrected chi connectivity index (χ2v) is 12.0. The molecule has 3 aromatic rings. The molecule has 7 heteroatoms. The summed E-state index contributed by atoms with van der Waals surface area (Å²) in [5, 5.41) is 12.4. The van der Waals surface area contributed by atoms with Crippen LogP contribution in [0.25, 0.3) is 0 Å². The second kappa shape index (κ2) is 12.0. The van der Waals surface area contributed by atoms with Crippen molar-refractivity contribution in [1.29, 1.82) is 0 Å². The Hall–Kier alpha value is -3.09. The van der Waals surface area contributed by atoms with Gasteiger partial charge in [0, 0.05) is 11.1 Å². The Morgan fingerprint density at radius 3 is 2.37 bits per heavy atom. The first-order valence-electron chi connectivity index (χ1n) is 14.6. The zero-order chi connectivity index (χ0) is 29.3. The summed E-state index contributed by atoms with van der Waals surface area (Å²) < 4.78 is 25.8. The highest BCUT2D eigenvalue weighted by atomic mass is 35.5. The molecule has 1 fully saturated rings. The van der Waals surface area contributed by atoms with Crippen molar-refractivity contribution in [3.8, 4) is 11.5 Å². The molecular weight excluding hydrogens is 541 g/mol. The molecule has 2 aliphatic rings. The summed E-state index contributed by atoms with van der Waals surface area (Å²) in [5.74, 6) is 0.967. The average Bonchev–Trinajstić information content (AvgIpc) is 2.96. The number of rotatable bonds is 8. The molecule has 3 aromatic carbocycles. The first kappa shape index (κ1) is 29.4. The van der Waals surface area contributed by atoms with Crippen LogP contribution in [0, 0.1) is 11.7 Å². The molecule has 218 valence electrons. The third kappa shape index (κ3) is 5.82. The zero-order valence-electron chi connectivity index (χ0n) is 24.2. The van der Waals surface area contributed by atoms with E-state index in [0.717, 1.165) is 42.4 Å². The molecule has 0 radical (unpaired) electrons. The third-order valence-corrected chi connectivity index (χ3v) is 9.06. The standard InChI is InChI=1S/C34H39ClFNO4/c1-5-34(39,25-7-6-8-27(36)19-25)24-11-15-28(16-12-24)37-32(38)18-23-17-30(40-4)31(41-21(2)3)20-29(23)33(37)22-9-13-26(35)14-10-22/h6-10,13-14,17,19-21,24,28,33,39H,5,11-12,15-16,18H2,1-4H3/t24-,28-,33?,34?. The number of carbonyl (C=O) groups excluding carboxylic acids is 1. The van der Waals surface area contributed by atoms with Crippen molar-refractivity contribution in [2.24, 2.45) is 5.92 Å². The van der Waals surface area contributed by atoms with E-state index < -0.39 is 5.60 Å². The van der Waals surface area contributed by atoms with Gasteiger partial charge in [-0.2, -0.15) is 0 Å². The minimum atomic E-state index is -1.11. The molecule has 0 aromatic heterocycles. The van der Waals surface area contributed by atoms with Gasteiger partial charge in [0.2, 0.25) is 5.91 Å². The third-order valence-electron chi connectivity index (χ3n) is 8.81. The number of fused-ring (bicyclic) bond motifs is 1. The zero-order valence-corrected chi connectivity index (χ0v) is 25.0. The number of aliphatic hydroxyl groups is 1. The van der Waals surface area contributed by atoms with Crippen LogP contribution in [-0.4, -0.2) is 35.2 Å². The number of methoxy groups -OCH3 is 1. The smallest absolute Gasteiger partial charge is 0.228 e. The molecule has 1 aliphatic carbocycles. The summed E-state index contributed by atoms with van der Waals surface area (Å²) in [5.41, 5.74) is 2.45. The molecule has 5 nitrogen and oxygen atoms in total. The average molecular weight is 580 g/mol. The van der Waals surface area contributed by atoms with Crippen molar-refractivity contribution < 1.29 is 23.8 Å². The highest BCUT2D eigenvalue weighted by Gasteiger charge is 2.44. The molecule has 1 heterocycles. The van der Waals surface area contributed by atoms with Gasteiger partial charge in [-0.15, -0.1) is 0 Å². The molecular formula is C34H39ClFNO4. The van der Waals surface area contributed by atoms with Crippen molar-refractivity contribution in [2.45, 2.75) is 83.1 Å². The van der Waals surface area contributed by atoms with Crippen LogP contribution in [0.15, 0.2) is 60.7 Å². The van der Waals surface area contributed by atoms with E-state index in [4.69, 9.17) is 21.1 Å². The van der Waals surface area contributed by atoms with Crippen molar-refractivity contribution >= 4 is 17.5 Å². The summed E-state index contributed by atoms with van der Waals surface area (Å²) in [7, 11) is 1.61. The number of halogens is 2. The highest BCUT2D eigenvalue weighted by Crippen LogP contribution is 2.47. The van der Waals surface area contributed by atoms with Crippen LogP contribution in [-0.2, 0) is 16.8 Å². The summed E-state index contributed by atoms with van der Waals surface area (Å²) in [6.45, 7) is 5.90. The number of carbonyl (C=O) groups is 1. The topological polar surface area (TPSA) is 59.0 Å². The van der Waals surface area contributed by atoms with Gasteiger partial charge in [0.1, 0.15) is 5.82 Å². The molecule has 1 N–H and O–H groups in total. The van der Waals surface area contributed by atoms with Crippen molar-refractivity contribution in [1.82, 2.24) is 4.90 Å². The van der Waals surface area contributed by atoms with Crippen molar-refractivity contribution in [3.63, 3.8) is 0 Å². The maximum atomic E-state index is 14.1. The lowest BCUT2D eigenvalue weighted by Crippen LogP contribution is -2.49. The molecule has 41 heavy (non-hydrogen) atoms. The van der Waals surface area contributed by atoms with E-state index >= 15 is 0 Å². The van der Waals surface area contributed by atoms with Crippen LogP contribution in [0.3, 0.4) is 0 Å². The van der Waals surface area contributed by atoms with Crippen molar-refractivity contribution in [3.05, 3.63) is 93.8 Å². The van der Waals surface area contributed by atoms with Gasteiger partial charge in [-0.1, -0.05) is 42.8 Å². The number of benzene rings is 3. The fourth-order valence-electron chi connectivity index (χ4n) is 6.80. The summed E-state index contributed by atoms with van der Waals surface area (Å²) >= 11 is 6.26. The molecule has 0 saturated heterocycles. The molecule has 0 bridgehead atoms. The Morgan fingerprint density at radius 2 is 1.76 bits per heavy atom. The fraction of sp³-hybridized carbons (Fsp3) is 0.441. The van der Waals surface area contributed by atoms with E-state index in [1.54, 1.807) is 13.2 Å². The Kier molecular flexibility index (Phi) is 8.62. The molecule has 1 amide bonds. The number of amides is 1. The predicted molar refractivity (Wildman–Crippen MR) is 159 cm³/mol. The Bertz CT molecular complexity index is 1390. The van der Waals surface area contributed by atoms with Gasteiger partial charge in [-0.3, -0.25) is 4.79 Å². The van der Waals surface area contributed by atoms with Crippen LogP contribution in [0.2, 0.25) is 5.02 Å². The van der Waals surface area contributed by atoms with Gasteiger partial charge in [-0.05, 0) is 111 Å². The monoisotopic (exact) mass is 579 g/mol. The first-order chi connectivity index (χ1) is 19.6. The lowest BCUT2D eigenvalue weighted by Gasteiger charge is -2.47. The lowest BCUT2D eigenvalue weighted by molar-refractivity contribution is -0.137. The summed E-state index contributed by atoms with van der Waals surface area (Å²) in [4.78, 5) is 15.9. The minimum Gasteiger partial charge on any atom is -0.493 e. The predicted octanol–water partition coefficient (Wildman–Crippen LogP) is 7.61. The van der Waals surface area contributed by atoms with Crippen LogP contribution in [0.1, 0.15) is 81.2 Å². The molecule has 2 unspecified atom stereocenters. The number of hydrogen-bond donors (Lipinski definition) is 1. The van der Waals surface area contributed by atoms with Crippen LogP contribution < -0.4 is 9.47 Å². The second-order valence-electron chi connectivity index (χ2n) is 11.6. The van der Waals surface area contributed by atoms with Crippen molar-refractivity contribution in [2.75, 3.05) is 7.11 Å². The fourth-order valence-corrected chi connectivity index (χ4v) is 6.92. The Labute approximate surface area is 247 Å². The maximum Gasteiger partial charge on any atom is 0.228 e. The van der Waals surface area contributed by atoms with E-state index in [1.165, 1.54) is 12.1 Å². The van der Waals surface area contributed by atoms with E-state index in [1.807, 2.05) is 68.1 Å². The van der Waals surface area contributed by atoms with E-state index in [2.05, 4.69) is 0 Å². The molecule has 0 spiro atoms. The summed E-state index contributed by atoms with van der Waals surface area (Å²) in [6, 6.07) is 17.7. The van der Waals surface area contributed by atoms with Gasteiger partial charge in [0.25, 0.3) is 0 Å². The molecule has 5 rings (SSSR count). The van der Waals surface area contributed by atoms with Gasteiger partial charge < -0.3 is 19.5 Å².